The molecule has 76 valence electrons. The highest BCUT2D eigenvalue weighted by Gasteiger charge is 2.32. The van der Waals surface area contributed by atoms with Crippen LogP contribution in [0.4, 0.5) is 0 Å². The fourth-order valence-corrected chi connectivity index (χ4v) is 1.83. The van der Waals surface area contributed by atoms with E-state index >= 15 is 0 Å². The van der Waals surface area contributed by atoms with Crippen molar-refractivity contribution >= 4 is 0 Å². The fourth-order valence-electron chi connectivity index (χ4n) is 1.83. The number of ether oxygens (including phenoxy) is 1. The monoisotopic (exact) mass is 194 g/mol. The van der Waals surface area contributed by atoms with E-state index in [0.717, 1.165) is 11.6 Å². The molecule has 3 rings (SSSR count). The van der Waals surface area contributed by atoms with Crippen molar-refractivity contribution in [1.29, 1.82) is 0 Å². The molecule has 5 nitrogen and oxygen atoms in total. The van der Waals surface area contributed by atoms with Gasteiger partial charge in [-0.25, -0.2) is 4.98 Å². The second-order valence-corrected chi connectivity index (χ2v) is 4.16. The third kappa shape index (κ3) is 1.33. The van der Waals surface area contributed by atoms with Crippen LogP contribution in [0.15, 0.2) is 0 Å². The van der Waals surface area contributed by atoms with Crippen LogP contribution < -0.4 is 5.73 Å². The van der Waals surface area contributed by atoms with E-state index in [2.05, 4.69) is 15.2 Å². The van der Waals surface area contributed by atoms with Gasteiger partial charge >= 0.3 is 0 Å². The quantitative estimate of drug-likeness (QED) is 0.701. The van der Waals surface area contributed by atoms with Crippen LogP contribution in [-0.2, 0) is 4.74 Å². The lowest BCUT2D eigenvalue weighted by atomic mass is 10.0. The Bertz CT molecular complexity index is 333. The first kappa shape index (κ1) is 8.38. The van der Waals surface area contributed by atoms with Crippen molar-refractivity contribution in [3.8, 4) is 0 Å². The number of aromatic nitrogens is 3. The fraction of sp³-hybridized carbons (Fsp3) is 0.778. The molecule has 2 aliphatic rings. The Kier molecular flexibility index (Phi) is 1.81. The smallest absolute Gasteiger partial charge is 0.153 e. The molecule has 0 radical (unpaired) electrons. The van der Waals surface area contributed by atoms with Crippen molar-refractivity contribution in [3.63, 3.8) is 0 Å². The Morgan fingerprint density at radius 1 is 1.36 bits per heavy atom. The molecule has 2 heterocycles. The molecule has 3 N–H and O–H groups in total. The van der Waals surface area contributed by atoms with Gasteiger partial charge in [-0.05, 0) is 12.8 Å². The standard InChI is InChI=1S/C9H14N4O/c10-7-4-14-3-6(7)9-11-8(12-13-9)5-1-2-5/h5-7H,1-4,10H2,(H,11,12,13). The molecule has 1 saturated carbocycles. The van der Waals surface area contributed by atoms with E-state index in [0.29, 0.717) is 19.1 Å². The Labute approximate surface area is 82.0 Å². The van der Waals surface area contributed by atoms with E-state index in [1.165, 1.54) is 12.8 Å². The second-order valence-electron chi connectivity index (χ2n) is 4.16. The molecule has 1 saturated heterocycles. The molecule has 2 fully saturated rings. The van der Waals surface area contributed by atoms with Crippen molar-refractivity contribution in [2.24, 2.45) is 5.73 Å². The lowest BCUT2D eigenvalue weighted by Crippen LogP contribution is -2.27. The van der Waals surface area contributed by atoms with Gasteiger partial charge in [-0.15, -0.1) is 0 Å². The molecule has 0 bridgehead atoms. The normalized spacial score (nSPS) is 32.4. The molecule has 1 aromatic heterocycles. The zero-order valence-corrected chi connectivity index (χ0v) is 7.94. The topological polar surface area (TPSA) is 76.8 Å². The summed E-state index contributed by atoms with van der Waals surface area (Å²) >= 11 is 0. The highest BCUT2D eigenvalue weighted by Crippen LogP contribution is 2.38. The Hall–Kier alpha value is -0.940. The minimum absolute atomic E-state index is 0.0648. The first-order valence-corrected chi connectivity index (χ1v) is 5.10. The van der Waals surface area contributed by atoms with Crippen LogP contribution in [0.5, 0.6) is 0 Å². The van der Waals surface area contributed by atoms with Crippen molar-refractivity contribution in [2.75, 3.05) is 13.2 Å². The van der Waals surface area contributed by atoms with Crippen LogP contribution >= 0.6 is 0 Å². The average molecular weight is 194 g/mol. The van der Waals surface area contributed by atoms with Crippen molar-refractivity contribution in [3.05, 3.63) is 11.6 Å². The summed E-state index contributed by atoms with van der Waals surface area (Å²) in [7, 11) is 0. The van der Waals surface area contributed by atoms with Gasteiger partial charge in [-0.1, -0.05) is 0 Å². The number of rotatable bonds is 2. The van der Waals surface area contributed by atoms with E-state index < -0.39 is 0 Å². The van der Waals surface area contributed by atoms with Crippen LogP contribution in [-0.4, -0.2) is 34.4 Å². The Morgan fingerprint density at radius 3 is 2.86 bits per heavy atom. The molecular formula is C9H14N4O. The summed E-state index contributed by atoms with van der Waals surface area (Å²) in [6.45, 7) is 1.30. The molecule has 2 unspecified atom stereocenters. The molecular weight excluding hydrogens is 180 g/mol. The minimum Gasteiger partial charge on any atom is -0.379 e. The van der Waals surface area contributed by atoms with Gasteiger partial charge in [0.1, 0.15) is 5.82 Å². The van der Waals surface area contributed by atoms with Gasteiger partial charge in [0.2, 0.25) is 0 Å². The van der Waals surface area contributed by atoms with Gasteiger partial charge in [-0.2, -0.15) is 5.10 Å². The predicted octanol–water partition coefficient (Wildman–Crippen LogP) is 0.123. The Morgan fingerprint density at radius 2 is 2.21 bits per heavy atom. The molecule has 14 heavy (non-hydrogen) atoms. The second kappa shape index (κ2) is 3.03. The molecule has 2 atom stereocenters. The molecule has 5 heteroatoms. The zero-order valence-electron chi connectivity index (χ0n) is 7.94. The molecule has 0 aromatic carbocycles. The Balaban J connectivity index is 1.81. The van der Waals surface area contributed by atoms with Crippen LogP contribution in [0.3, 0.4) is 0 Å². The molecule has 1 aliphatic carbocycles. The van der Waals surface area contributed by atoms with Crippen LogP contribution in [0.1, 0.15) is 36.3 Å². The average Bonchev–Trinajstić information content (AvgIpc) is 2.75. The number of nitrogens with two attached hydrogens (primary N) is 1. The minimum atomic E-state index is 0.0648. The number of hydrogen-bond donors (Lipinski definition) is 2. The van der Waals surface area contributed by atoms with Crippen molar-refractivity contribution in [2.45, 2.75) is 30.7 Å². The zero-order chi connectivity index (χ0) is 9.54. The van der Waals surface area contributed by atoms with Gasteiger partial charge < -0.3 is 10.5 Å². The number of H-pyrrole nitrogens is 1. The van der Waals surface area contributed by atoms with Crippen LogP contribution in [0, 0.1) is 0 Å². The van der Waals surface area contributed by atoms with Gasteiger partial charge in [0.05, 0.1) is 19.1 Å². The number of hydrogen-bond acceptors (Lipinski definition) is 4. The van der Waals surface area contributed by atoms with Gasteiger partial charge in [-0.3, -0.25) is 5.10 Å². The van der Waals surface area contributed by atoms with E-state index in [1.54, 1.807) is 0 Å². The largest absolute Gasteiger partial charge is 0.379 e. The molecule has 1 aliphatic heterocycles. The number of nitrogens with zero attached hydrogens (tertiary/aromatic N) is 2. The molecule has 0 spiro atoms. The highest BCUT2D eigenvalue weighted by molar-refractivity contribution is 5.10. The first-order valence-electron chi connectivity index (χ1n) is 5.10. The summed E-state index contributed by atoms with van der Waals surface area (Å²) in [6, 6.07) is 0.0648. The molecule has 1 aromatic rings. The van der Waals surface area contributed by atoms with Crippen LogP contribution in [0.25, 0.3) is 0 Å². The maximum absolute atomic E-state index is 5.90. The summed E-state index contributed by atoms with van der Waals surface area (Å²) in [4.78, 5) is 4.48. The number of aromatic amines is 1. The van der Waals surface area contributed by atoms with Crippen LogP contribution in [0.2, 0.25) is 0 Å². The van der Waals surface area contributed by atoms with Gasteiger partial charge in [0.15, 0.2) is 5.82 Å². The summed E-state index contributed by atoms with van der Waals surface area (Å²) in [5, 5.41) is 7.19. The maximum Gasteiger partial charge on any atom is 0.153 e. The number of nitrogens with one attached hydrogen (secondary N) is 1. The van der Waals surface area contributed by atoms with Gasteiger partial charge in [0.25, 0.3) is 0 Å². The van der Waals surface area contributed by atoms with E-state index in [-0.39, 0.29) is 12.0 Å². The third-order valence-corrected chi connectivity index (χ3v) is 2.94. The highest BCUT2D eigenvalue weighted by atomic mass is 16.5. The van der Waals surface area contributed by atoms with E-state index in [9.17, 15) is 0 Å². The van der Waals surface area contributed by atoms with Crippen molar-refractivity contribution < 1.29 is 4.74 Å². The first-order chi connectivity index (χ1) is 6.84. The summed E-state index contributed by atoms with van der Waals surface area (Å²) in [6.07, 6.45) is 2.45. The lowest BCUT2D eigenvalue weighted by molar-refractivity contribution is 0.190. The SMILES string of the molecule is NC1COCC1c1nc(C2CC2)n[nH]1. The van der Waals surface area contributed by atoms with Gasteiger partial charge in [0, 0.05) is 12.0 Å². The summed E-state index contributed by atoms with van der Waals surface area (Å²) in [5.41, 5.74) is 5.90. The third-order valence-electron chi connectivity index (χ3n) is 2.94. The maximum atomic E-state index is 5.90. The van der Waals surface area contributed by atoms with E-state index in [4.69, 9.17) is 10.5 Å². The van der Waals surface area contributed by atoms with Crippen molar-refractivity contribution in [1.82, 2.24) is 15.2 Å². The molecule has 0 amide bonds. The summed E-state index contributed by atoms with van der Waals surface area (Å²) < 4.78 is 5.30. The van der Waals surface area contributed by atoms with E-state index in [1.807, 2.05) is 0 Å². The lowest BCUT2D eigenvalue weighted by Gasteiger charge is -2.07. The predicted molar refractivity (Wildman–Crippen MR) is 49.9 cm³/mol. The summed E-state index contributed by atoms with van der Waals surface area (Å²) in [5.74, 6) is 2.66.